The average molecular weight is 595 g/mol. The van der Waals surface area contributed by atoms with Gasteiger partial charge in [-0.3, -0.25) is 9.69 Å². The average Bonchev–Trinajstić information content (AvgIpc) is 3.61. The Morgan fingerprint density at radius 2 is 1.80 bits per heavy atom. The molecule has 3 aliphatic heterocycles. The molecule has 0 aromatic heterocycles. The number of fused-ring (bicyclic) bond motifs is 2. The molecule has 3 unspecified atom stereocenters. The number of hydrogen-bond donors (Lipinski definition) is 3. The third-order valence-electron chi connectivity index (χ3n) is 8.25. The molecule has 10 heteroatoms. The Labute approximate surface area is 254 Å². The number of aryl methyl sites for hydroxylation is 1. The number of nitrogens with zero attached hydrogens (tertiary/aromatic N) is 2. The van der Waals surface area contributed by atoms with Gasteiger partial charge in [-0.1, -0.05) is 36.4 Å². The van der Waals surface area contributed by atoms with Crippen LogP contribution in [0.15, 0.2) is 90.0 Å². The molecule has 6 rings (SSSR count). The number of benzene rings is 3. The highest BCUT2D eigenvalue weighted by molar-refractivity contribution is 6.12. The van der Waals surface area contributed by atoms with Gasteiger partial charge in [0, 0.05) is 31.0 Å². The number of morpholine rings is 1. The smallest absolute Gasteiger partial charge is 0.335 e. The van der Waals surface area contributed by atoms with Gasteiger partial charge in [0.25, 0.3) is 5.91 Å². The quantitative estimate of drug-likeness (QED) is 0.304. The maximum Gasteiger partial charge on any atom is 0.335 e. The summed E-state index contributed by atoms with van der Waals surface area (Å²) in [4.78, 5) is 28.8. The molecule has 0 radical (unpaired) electrons. The van der Waals surface area contributed by atoms with E-state index < -0.39 is 35.4 Å². The molecule has 224 valence electrons. The van der Waals surface area contributed by atoms with Gasteiger partial charge in [0.2, 0.25) is 0 Å². The van der Waals surface area contributed by atoms with Gasteiger partial charge in [0.05, 0.1) is 42.0 Å². The lowest BCUT2D eigenvalue weighted by Gasteiger charge is -2.36. The number of carboxylic acid groups (broad SMARTS) is 1. The maximum atomic E-state index is 14.2. The number of aliphatic carboxylic acids is 1. The fraction of sp³-hybridized carbons (Fsp3) is 0.265. The molecule has 3 aliphatic rings. The molecule has 1 amide bonds. The van der Waals surface area contributed by atoms with E-state index in [0.29, 0.717) is 30.0 Å². The van der Waals surface area contributed by atoms with Gasteiger partial charge in [0.1, 0.15) is 17.5 Å². The zero-order chi connectivity index (χ0) is 30.8. The van der Waals surface area contributed by atoms with Crippen LogP contribution in [0.3, 0.4) is 0 Å². The summed E-state index contributed by atoms with van der Waals surface area (Å²) < 4.78 is 26.1. The molecule has 2 bridgehead atoms. The first-order valence-electron chi connectivity index (χ1n) is 14.4. The van der Waals surface area contributed by atoms with Crippen molar-refractivity contribution in [2.45, 2.75) is 31.2 Å². The molecule has 0 aliphatic carbocycles. The van der Waals surface area contributed by atoms with E-state index in [1.165, 1.54) is 12.1 Å². The molecule has 0 spiro atoms. The number of carboxylic acids is 1. The Bertz CT molecular complexity index is 1690. The number of halogens is 1. The summed E-state index contributed by atoms with van der Waals surface area (Å²) in [6, 6.07) is 20.3. The van der Waals surface area contributed by atoms with Crippen molar-refractivity contribution in [3.05, 3.63) is 118 Å². The molecule has 3 atom stereocenters. The van der Waals surface area contributed by atoms with Crippen molar-refractivity contribution in [1.82, 2.24) is 4.90 Å². The standard InChI is InChI=1S/C34H31FN4O5/c1-21-2-9-26(18-27(21)35)38-32(40)29-28-12-13-34(44-28,30(29)33(41)42)31(37-25-10-5-22(19-36)6-11-25)24-7-3-23(4-8-24)20-39-14-16-43-17-15-39/h2-13,18,28,31,37H,14-17,20H2,1H3,(H,38,40)(H,41,42). The largest absolute Gasteiger partial charge is 0.478 e. The third-order valence-corrected chi connectivity index (χ3v) is 8.25. The van der Waals surface area contributed by atoms with E-state index in [4.69, 9.17) is 9.47 Å². The Balaban J connectivity index is 1.37. The molecular weight excluding hydrogens is 563 g/mol. The molecule has 44 heavy (non-hydrogen) atoms. The van der Waals surface area contributed by atoms with Gasteiger partial charge in [-0.25, -0.2) is 9.18 Å². The van der Waals surface area contributed by atoms with Gasteiger partial charge < -0.3 is 25.2 Å². The van der Waals surface area contributed by atoms with Gasteiger partial charge in [-0.05, 0) is 66.1 Å². The summed E-state index contributed by atoms with van der Waals surface area (Å²) in [6.07, 6.45) is 2.45. The first-order valence-corrected chi connectivity index (χ1v) is 14.4. The van der Waals surface area contributed by atoms with Crippen molar-refractivity contribution in [3.8, 4) is 6.07 Å². The Hall–Kier alpha value is -4.82. The SMILES string of the molecule is Cc1ccc(NC(=O)C2=C(C(=O)O)C3(C(Nc4ccc(C#N)cc4)c4ccc(CN5CCOCC5)cc4)C=CC2O3)cc1F. The van der Waals surface area contributed by atoms with Crippen LogP contribution in [0.5, 0.6) is 0 Å². The molecule has 1 saturated heterocycles. The predicted octanol–water partition coefficient (Wildman–Crippen LogP) is 4.72. The van der Waals surface area contributed by atoms with Crippen LogP contribution >= 0.6 is 0 Å². The van der Waals surface area contributed by atoms with Crippen LogP contribution < -0.4 is 10.6 Å². The van der Waals surface area contributed by atoms with Crippen molar-refractivity contribution in [2.24, 2.45) is 0 Å². The normalized spacial score (nSPS) is 21.6. The summed E-state index contributed by atoms with van der Waals surface area (Å²) in [6.45, 7) is 5.45. The molecule has 3 heterocycles. The highest BCUT2D eigenvalue weighted by atomic mass is 19.1. The second-order valence-electron chi connectivity index (χ2n) is 11.1. The van der Waals surface area contributed by atoms with Gasteiger partial charge in [-0.15, -0.1) is 0 Å². The number of carbonyl (C=O) groups excluding carboxylic acids is 1. The monoisotopic (exact) mass is 594 g/mol. The van der Waals surface area contributed by atoms with Crippen LogP contribution in [0.25, 0.3) is 0 Å². The van der Waals surface area contributed by atoms with Crippen molar-refractivity contribution >= 4 is 23.3 Å². The van der Waals surface area contributed by atoms with Crippen LogP contribution in [0.4, 0.5) is 15.8 Å². The Morgan fingerprint density at radius 1 is 1.09 bits per heavy atom. The van der Waals surface area contributed by atoms with E-state index in [2.05, 4.69) is 21.6 Å². The second kappa shape index (κ2) is 12.1. The number of nitrogens with one attached hydrogen (secondary N) is 2. The van der Waals surface area contributed by atoms with Crippen LogP contribution in [0.2, 0.25) is 0 Å². The zero-order valence-corrected chi connectivity index (χ0v) is 24.0. The van der Waals surface area contributed by atoms with Crippen molar-refractivity contribution < 1.29 is 28.6 Å². The first kappa shape index (κ1) is 29.3. The lowest BCUT2D eigenvalue weighted by atomic mass is 9.78. The maximum absolute atomic E-state index is 14.2. The summed E-state index contributed by atoms with van der Waals surface area (Å²) >= 11 is 0. The summed E-state index contributed by atoms with van der Waals surface area (Å²) in [5.74, 6) is -2.47. The molecule has 0 saturated carbocycles. The van der Waals surface area contributed by atoms with Crippen molar-refractivity contribution in [1.29, 1.82) is 5.26 Å². The van der Waals surface area contributed by atoms with E-state index in [-0.39, 0.29) is 16.8 Å². The Kier molecular flexibility index (Phi) is 8.01. The number of anilines is 2. The summed E-state index contributed by atoms with van der Waals surface area (Å²) in [5, 5.41) is 25.9. The molecular formula is C34H31FN4O5. The lowest BCUT2D eigenvalue weighted by Crippen LogP contribution is -2.42. The lowest BCUT2D eigenvalue weighted by molar-refractivity contribution is -0.134. The fourth-order valence-electron chi connectivity index (χ4n) is 5.95. The number of carbonyl (C=O) groups is 2. The fourth-order valence-corrected chi connectivity index (χ4v) is 5.95. The van der Waals surface area contributed by atoms with Gasteiger partial charge in [0.15, 0.2) is 0 Å². The van der Waals surface area contributed by atoms with E-state index in [9.17, 15) is 24.3 Å². The topological polar surface area (TPSA) is 124 Å². The highest BCUT2D eigenvalue weighted by Crippen LogP contribution is 2.51. The van der Waals surface area contributed by atoms with E-state index in [1.54, 1.807) is 49.4 Å². The number of hydrogen-bond acceptors (Lipinski definition) is 7. The molecule has 3 N–H and O–H groups in total. The number of amides is 1. The van der Waals surface area contributed by atoms with E-state index in [1.807, 2.05) is 24.3 Å². The zero-order valence-electron chi connectivity index (χ0n) is 24.0. The van der Waals surface area contributed by atoms with Crippen LogP contribution in [0.1, 0.15) is 28.3 Å². The summed E-state index contributed by atoms with van der Waals surface area (Å²) in [5.41, 5.74) is 1.80. The molecule has 1 fully saturated rings. The van der Waals surface area contributed by atoms with E-state index >= 15 is 0 Å². The minimum Gasteiger partial charge on any atom is -0.478 e. The van der Waals surface area contributed by atoms with Gasteiger partial charge >= 0.3 is 5.97 Å². The number of rotatable bonds is 9. The van der Waals surface area contributed by atoms with Crippen molar-refractivity contribution in [3.63, 3.8) is 0 Å². The number of ether oxygens (including phenoxy) is 2. The van der Waals surface area contributed by atoms with Crippen LogP contribution in [-0.2, 0) is 25.6 Å². The van der Waals surface area contributed by atoms with Crippen LogP contribution in [-0.4, -0.2) is 59.9 Å². The Morgan fingerprint density at radius 3 is 2.45 bits per heavy atom. The van der Waals surface area contributed by atoms with Gasteiger partial charge in [-0.2, -0.15) is 5.26 Å². The van der Waals surface area contributed by atoms with E-state index in [0.717, 1.165) is 30.8 Å². The third kappa shape index (κ3) is 5.61. The first-order chi connectivity index (χ1) is 21.3. The minimum atomic E-state index is -1.54. The predicted molar refractivity (Wildman–Crippen MR) is 161 cm³/mol. The second-order valence-corrected chi connectivity index (χ2v) is 11.1. The molecule has 3 aromatic carbocycles. The molecule has 3 aromatic rings. The van der Waals surface area contributed by atoms with Crippen LogP contribution in [0, 0.1) is 24.1 Å². The highest BCUT2D eigenvalue weighted by Gasteiger charge is 2.58. The molecule has 9 nitrogen and oxygen atoms in total. The minimum absolute atomic E-state index is 0.0449. The van der Waals surface area contributed by atoms with Crippen molar-refractivity contribution in [2.75, 3.05) is 36.9 Å². The summed E-state index contributed by atoms with van der Waals surface area (Å²) in [7, 11) is 0. The number of nitriles is 1.